The SMILES string of the molecule is CC1CCN(c2nc(C(=O)CCl)cs2)C1. The molecular formula is C10H13ClN2OS. The third-order valence-electron chi connectivity index (χ3n) is 2.59. The highest BCUT2D eigenvalue weighted by Crippen LogP contribution is 2.26. The molecular weight excluding hydrogens is 232 g/mol. The summed E-state index contributed by atoms with van der Waals surface area (Å²) >= 11 is 7.01. The van der Waals surface area contributed by atoms with Crippen molar-refractivity contribution >= 4 is 33.9 Å². The highest BCUT2D eigenvalue weighted by atomic mass is 35.5. The number of nitrogens with zero attached hydrogens (tertiary/aromatic N) is 2. The number of aromatic nitrogens is 1. The van der Waals surface area contributed by atoms with E-state index < -0.39 is 0 Å². The summed E-state index contributed by atoms with van der Waals surface area (Å²) in [5.41, 5.74) is 0.504. The lowest BCUT2D eigenvalue weighted by Crippen LogP contribution is -2.19. The minimum absolute atomic E-state index is 0.0135. The number of halogens is 1. The van der Waals surface area contributed by atoms with Gasteiger partial charge in [0.1, 0.15) is 5.69 Å². The third kappa shape index (κ3) is 2.32. The quantitative estimate of drug-likeness (QED) is 0.605. The van der Waals surface area contributed by atoms with Gasteiger partial charge in [0, 0.05) is 18.5 Å². The van der Waals surface area contributed by atoms with Crippen LogP contribution < -0.4 is 4.90 Å². The second-order valence-electron chi connectivity index (χ2n) is 3.91. The van der Waals surface area contributed by atoms with Gasteiger partial charge in [-0.3, -0.25) is 4.79 Å². The Balaban J connectivity index is 2.10. The Labute approximate surface area is 98.1 Å². The predicted molar refractivity (Wildman–Crippen MR) is 63.2 cm³/mol. The Kier molecular flexibility index (Phi) is 3.26. The molecule has 0 saturated carbocycles. The molecule has 3 nitrogen and oxygen atoms in total. The number of thiazole rings is 1. The monoisotopic (exact) mass is 244 g/mol. The Hall–Kier alpha value is -0.610. The molecule has 0 radical (unpaired) electrons. The fraction of sp³-hybridized carbons (Fsp3) is 0.600. The zero-order valence-electron chi connectivity index (χ0n) is 8.57. The van der Waals surface area contributed by atoms with Crippen LogP contribution in [0.5, 0.6) is 0 Å². The first-order valence-corrected chi connectivity index (χ1v) is 6.41. The van der Waals surface area contributed by atoms with Gasteiger partial charge in [-0.25, -0.2) is 4.98 Å². The Morgan fingerprint density at radius 3 is 3.20 bits per heavy atom. The molecule has 0 aromatic carbocycles. The van der Waals surface area contributed by atoms with Crippen LogP contribution in [0.2, 0.25) is 0 Å². The lowest BCUT2D eigenvalue weighted by Gasteiger charge is -2.13. The molecule has 1 atom stereocenters. The number of Topliss-reactive ketones (excluding diaryl/α,β-unsaturated/α-hetero) is 1. The average molecular weight is 245 g/mol. The number of hydrogen-bond donors (Lipinski definition) is 0. The topological polar surface area (TPSA) is 33.2 Å². The van der Waals surface area contributed by atoms with E-state index in [2.05, 4.69) is 16.8 Å². The van der Waals surface area contributed by atoms with Crippen molar-refractivity contribution in [3.05, 3.63) is 11.1 Å². The highest BCUT2D eigenvalue weighted by molar-refractivity contribution is 7.14. The fourth-order valence-corrected chi connectivity index (χ4v) is 2.72. The van der Waals surface area contributed by atoms with Crippen molar-refractivity contribution in [1.29, 1.82) is 0 Å². The normalized spacial score (nSPS) is 20.9. The number of carbonyl (C=O) groups excluding carboxylic acids is 1. The van der Waals surface area contributed by atoms with E-state index in [1.165, 1.54) is 17.8 Å². The van der Waals surface area contributed by atoms with Crippen molar-refractivity contribution < 1.29 is 4.79 Å². The van der Waals surface area contributed by atoms with Gasteiger partial charge >= 0.3 is 0 Å². The molecule has 15 heavy (non-hydrogen) atoms. The first kappa shape index (κ1) is 10.9. The second-order valence-corrected chi connectivity index (χ2v) is 5.02. The van der Waals surface area contributed by atoms with E-state index in [4.69, 9.17) is 11.6 Å². The van der Waals surface area contributed by atoms with Crippen LogP contribution in [0.15, 0.2) is 5.38 Å². The van der Waals surface area contributed by atoms with Crippen molar-refractivity contribution in [3.63, 3.8) is 0 Å². The van der Waals surface area contributed by atoms with E-state index in [1.54, 1.807) is 5.38 Å². The number of carbonyl (C=O) groups is 1. The molecule has 1 aromatic heterocycles. The zero-order valence-corrected chi connectivity index (χ0v) is 10.1. The molecule has 1 aliphatic rings. The van der Waals surface area contributed by atoms with Crippen LogP contribution in [-0.4, -0.2) is 29.7 Å². The molecule has 0 amide bonds. The Morgan fingerprint density at radius 2 is 2.60 bits per heavy atom. The summed E-state index contributed by atoms with van der Waals surface area (Å²) < 4.78 is 0. The lowest BCUT2D eigenvalue weighted by molar-refractivity contribution is 0.101. The molecule has 1 aromatic rings. The summed E-state index contributed by atoms with van der Waals surface area (Å²) in [6.07, 6.45) is 1.21. The average Bonchev–Trinajstić information content (AvgIpc) is 2.84. The number of rotatable bonds is 3. The maximum absolute atomic E-state index is 11.3. The van der Waals surface area contributed by atoms with Gasteiger partial charge in [0.05, 0.1) is 5.88 Å². The molecule has 1 unspecified atom stereocenters. The maximum Gasteiger partial charge on any atom is 0.196 e. The molecule has 2 rings (SSSR count). The van der Waals surface area contributed by atoms with Crippen molar-refractivity contribution in [3.8, 4) is 0 Å². The van der Waals surface area contributed by atoms with Gasteiger partial charge in [0.2, 0.25) is 0 Å². The number of alkyl halides is 1. The second kappa shape index (κ2) is 4.49. The van der Waals surface area contributed by atoms with E-state index in [1.807, 2.05) is 0 Å². The molecule has 1 fully saturated rings. The van der Waals surface area contributed by atoms with Crippen molar-refractivity contribution in [2.24, 2.45) is 5.92 Å². The minimum atomic E-state index is -0.0913. The van der Waals surface area contributed by atoms with Gasteiger partial charge in [-0.15, -0.1) is 22.9 Å². The van der Waals surface area contributed by atoms with Crippen molar-refractivity contribution in [2.75, 3.05) is 23.9 Å². The van der Waals surface area contributed by atoms with E-state index >= 15 is 0 Å². The number of anilines is 1. The van der Waals surface area contributed by atoms with Gasteiger partial charge in [0.15, 0.2) is 10.9 Å². The number of hydrogen-bond acceptors (Lipinski definition) is 4. The molecule has 2 heterocycles. The Bertz CT molecular complexity index is 366. The summed E-state index contributed by atoms with van der Waals surface area (Å²) in [6.45, 7) is 4.32. The summed E-state index contributed by atoms with van der Waals surface area (Å²) in [5.74, 6) is 0.645. The summed E-state index contributed by atoms with van der Waals surface area (Å²) in [7, 11) is 0. The molecule has 1 saturated heterocycles. The van der Waals surface area contributed by atoms with E-state index in [0.717, 1.165) is 24.1 Å². The molecule has 1 aliphatic heterocycles. The zero-order chi connectivity index (χ0) is 10.8. The van der Waals surface area contributed by atoms with Crippen LogP contribution in [-0.2, 0) is 0 Å². The standard InChI is InChI=1S/C10H13ClN2OS/c1-7-2-3-13(5-7)10-12-8(6-15-10)9(14)4-11/h6-7H,2-5H2,1H3. The van der Waals surface area contributed by atoms with Crippen molar-refractivity contribution in [2.45, 2.75) is 13.3 Å². The molecule has 0 N–H and O–H groups in total. The van der Waals surface area contributed by atoms with Crippen LogP contribution in [0.3, 0.4) is 0 Å². The third-order valence-corrected chi connectivity index (χ3v) is 3.74. The van der Waals surface area contributed by atoms with Crippen LogP contribution in [0.1, 0.15) is 23.8 Å². The summed E-state index contributed by atoms with van der Waals surface area (Å²) in [4.78, 5) is 17.8. The van der Waals surface area contributed by atoms with Gasteiger partial charge < -0.3 is 4.90 Å². The summed E-state index contributed by atoms with van der Waals surface area (Å²) in [5, 5.41) is 2.75. The van der Waals surface area contributed by atoms with E-state index in [0.29, 0.717) is 5.69 Å². The fourth-order valence-electron chi connectivity index (χ4n) is 1.71. The highest BCUT2D eigenvalue weighted by Gasteiger charge is 2.22. The molecule has 0 aliphatic carbocycles. The minimum Gasteiger partial charge on any atom is -0.348 e. The molecule has 0 bridgehead atoms. The maximum atomic E-state index is 11.3. The smallest absolute Gasteiger partial charge is 0.196 e. The predicted octanol–water partition coefficient (Wildman–Crippen LogP) is 2.41. The molecule has 82 valence electrons. The molecule has 0 spiro atoms. The van der Waals surface area contributed by atoms with E-state index in [-0.39, 0.29) is 11.7 Å². The van der Waals surface area contributed by atoms with Gasteiger partial charge in [-0.05, 0) is 12.3 Å². The van der Waals surface area contributed by atoms with Crippen LogP contribution >= 0.6 is 22.9 Å². The summed E-state index contributed by atoms with van der Waals surface area (Å²) in [6, 6.07) is 0. The van der Waals surface area contributed by atoms with Crippen LogP contribution in [0, 0.1) is 5.92 Å². The first-order chi connectivity index (χ1) is 7.20. The van der Waals surface area contributed by atoms with Crippen LogP contribution in [0.25, 0.3) is 0 Å². The van der Waals surface area contributed by atoms with E-state index in [9.17, 15) is 4.79 Å². The van der Waals surface area contributed by atoms with Crippen LogP contribution in [0.4, 0.5) is 5.13 Å². The Morgan fingerprint density at radius 1 is 1.80 bits per heavy atom. The van der Waals surface area contributed by atoms with Gasteiger partial charge in [-0.1, -0.05) is 6.92 Å². The van der Waals surface area contributed by atoms with Gasteiger partial charge in [0.25, 0.3) is 0 Å². The lowest BCUT2D eigenvalue weighted by atomic mass is 10.2. The van der Waals surface area contributed by atoms with Crippen molar-refractivity contribution in [1.82, 2.24) is 4.98 Å². The number of ketones is 1. The molecule has 5 heteroatoms. The first-order valence-electron chi connectivity index (χ1n) is 5.00. The van der Waals surface area contributed by atoms with Gasteiger partial charge in [-0.2, -0.15) is 0 Å². The largest absolute Gasteiger partial charge is 0.348 e.